The second-order valence-electron chi connectivity index (χ2n) is 4.54. The second kappa shape index (κ2) is 6.18. The molecule has 0 saturated heterocycles. The molecule has 0 atom stereocenters. The minimum atomic E-state index is -0.352. The highest BCUT2D eigenvalue weighted by molar-refractivity contribution is 6.25. The summed E-state index contributed by atoms with van der Waals surface area (Å²) < 4.78 is 0. The SMILES string of the molecule is CN=C(C)/C(C(=O)Nc1ccc(C)cc1C)=C(\C)O. The summed E-state index contributed by atoms with van der Waals surface area (Å²) in [6, 6.07) is 5.77. The van der Waals surface area contributed by atoms with E-state index in [0.29, 0.717) is 5.71 Å². The van der Waals surface area contributed by atoms with Gasteiger partial charge in [0.25, 0.3) is 5.91 Å². The highest BCUT2D eigenvalue weighted by Gasteiger charge is 2.16. The van der Waals surface area contributed by atoms with Gasteiger partial charge in [0.15, 0.2) is 0 Å². The Morgan fingerprint density at radius 3 is 2.37 bits per heavy atom. The Kier molecular flexibility index (Phi) is 4.87. The van der Waals surface area contributed by atoms with E-state index in [9.17, 15) is 9.90 Å². The van der Waals surface area contributed by atoms with Gasteiger partial charge in [-0.05, 0) is 39.3 Å². The summed E-state index contributed by atoms with van der Waals surface area (Å²) in [6.07, 6.45) is 0. The van der Waals surface area contributed by atoms with E-state index in [2.05, 4.69) is 10.3 Å². The molecule has 102 valence electrons. The number of carbonyl (C=O) groups excluding carboxylic acids is 1. The Bertz CT molecular complexity index is 553. The van der Waals surface area contributed by atoms with Crippen LogP contribution in [0.15, 0.2) is 34.5 Å². The van der Waals surface area contributed by atoms with E-state index >= 15 is 0 Å². The third kappa shape index (κ3) is 3.68. The van der Waals surface area contributed by atoms with Crippen LogP contribution >= 0.6 is 0 Å². The Balaban J connectivity index is 3.05. The molecule has 0 aliphatic heterocycles. The summed E-state index contributed by atoms with van der Waals surface area (Å²) in [5.41, 5.74) is 3.56. The first-order valence-corrected chi connectivity index (χ1v) is 6.09. The van der Waals surface area contributed by atoms with Gasteiger partial charge in [-0.15, -0.1) is 0 Å². The molecule has 1 aromatic carbocycles. The summed E-state index contributed by atoms with van der Waals surface area (Å²) >= 11 is 0. The van der Waals surface area contributed by atoms with Crippen LogP contribution in [0.5, 0.6) is 0 Å². The molecule has 1 aromatic rings. The highest BCUT2D eigenvalue weighted by atomic mass is 16.3. The predicted molar refractivity (Wildman–Crippen MR) is 78.9 cm³/mol. The van der Waals surface area contributed by atoms with E-state index in [1.54, 1.807) is 14.0 Å². The fourth-order valence-corrected chi connectivity index (χ4v) is 1.84. The number of hydrogen-bond acceptors (Lipinski definition) is 3. The Labute approximate surface area is 113 Å². The van der Waals surface area contributed by atoms with Gasteiger partial charge in [-0.25, -0.2) is 0 Å². The number of allylic oxidation sites excluding steroid dienone is 1. The predicted octanol–water partition coefficient (Wildman–Crippen LogP) is 3.16. The molecule has 0 heterocycles. The number of nitrogens with zero attached hydrogens (tertiary/aromatic N) is 1. The second-order valence-corrected chi connectivity index (χ2v) is 4.54. The molecule has 0 aliphatic carbocycles. The fourth-order valence-electron chi connectivity index (χ4n) is 1.84. The third-order valence-electron chi connectivity index (χ3n) is 2.92. The van der Waals surface area contributed by atoms with Crippen LogP contribution < -0.4 is 5.32 Å². The molecule has 19 heavy (non-hydrogen) atoms. The lowest BCUT2D eigenvalue weighted by atomic mass is 10.1. The molecule has 0 unspecified atom stereocenters. The molecule has 2 N–H and O–H groups in total. The van der Waals surface area contributed by atoms with E-state index in [4.69, 9.17) is 0 Å². The van der Waals surface area contributed by atoms with Gasteiger partial charge in [-0.3, -0.25) is 9.79 Å². The van der Waals surface area contributed by atoms with E-state index in [0.717, 1.165) is 16.8 Å². The number of aliphatic hydroxyl groups is 1. The van der Waals surface area contributed by atoms with Crippen molar-refractivity contribution in [1.29, 1.82) is 0 Å². The third-order valence-corrected chi connectivity index (χ3v) is 2.92. The van der Waals surface area contributed by atoms with Gasteiger partial charge in [-0.1, -0.05) is 17.7 Å². The molecule has 0 bridgehead atoms. The van der Waals surface area contributed by atoms with Gasteiger partial charge in [0.1, 0.15) is 5.76 Å². The zero-order valence-electron chi connectivity index (χ0n) is 12.0. The zero-order chi connectivity index (χ0) is 14.6. The van der Waals surface area contributed by atoms with Gasteiger partial charge in [0.05, 0.1) is 5.57 Å². The topological polar surface area (TPSA) is 61.7 Å². The van der Waals surface area contributed by atoms with Crippen LogP contribution in [0.1, 0.15) is 25.0 Å². The van der Waals surface area contributed by atoms with Crippen molar-refractivity contribution in [2.75, 3.05) is 12.4 Å². The van der Waals surface area contributed by atoms with Crippen molar-refractivity contribution in [2.45, 2.75) is 27.7 Å². The first-order chi connectivity index (χ1) is 8.86. The zero-order valence-corrected chi connectivity index (χ0v) is 12.0. The van der Waals surface area contributed by atoms with Gasteiger partial charge in [-0.2, -0.15) is 0 Å². The summed E-state index contributed by atoms with van der Waals surface area (Å²) in [6.45, 7) is 7.09. The number of aliphatic imine (C=N–C) groups is 1. The van der Waals surface area contributed by atoms with Crippen LogP contribution in [-0.4, -0.2) is 23.8 Å². The molecule has 0 fully saturated rings. The monoisotopic (exact) mass is 260 g/mol. The van der Waals surface area contributed by atoms with Gasteiger partial charge >= 0.3 is 0 Å². The molecule has 1 rings (SSSR count). The van der Waals surface area contributed by atoms with Gasteiger partial charge in [0.2, 0.25) is 0 Å². The first-order valence-electron chi connectivity index (χ1n) is 6.09. The molecule has 0 spiro atoms. The Hall–Kier alpha value is -2.10. The summed E-state index contributed by atoms with van der Waals surface area (Å²) in [4.78, 5) is 16.1. The number of benzene rings is 1. The number of hydrogen-bond donors (Lipinski definition) is 2. The molecule has 0 radical (unpaired) electrons. The van der Waals surface area contributed by atoms with Crippen molar-refractivity contribution in [1.82, 2.24) is 0 Å². The largest absolute Gasteiger partial charge is 0.512 e. The number of aliphatic hydroxyl groups excluding tert-OH is 1. The number of nitrogens with one attached hydrogen (secondary N) is 1. The molecule has 1 amide bonds. The molecule has 0 aliphatic rings. The number of amides is 1. The summed E-state index contributed by atoms with van der Waals surface area (Å²) in [5, 5.41) is 12.4. The molecule has 4 nitrogen and oxygen atoms in total. The van der Waals surface area contributed by atoms with Crippen molar-refractivity contribution in [3.8, 4) is 0 Å². The smallest absolute Gasteiger partial charge is 0.260 e. The Morgan fingerprint density at radius 1 is 1.26 bits per heavy atom. The van der Waals surface area contributed by atoms with E-state index in [1.807, 2.05) is 32.0 Å². The normalized spacial score (nSPS) is 13.0. The highest BCUT2D eigenvalue weighted by Crippen LogP contribution is 2.17. The van der Waals surface area contributed by atoms with Gasteiger partial charge in [0, 0.05) is 18.4 Å². The minimum absolute atomic E-state index is 0.0367. The maximum Gasteiger partial charge on any atom is 0.260 e. The van der Waals surface area contributed by atoms with Crippen molar-refractivity contribution < 1.29 is 9.90 Å². The number of anilines is 1. The number of carbonyl (C=O) groups is 1. The number of aryl methyl sites for hydroxylation is 2. The quantitative estimate of drug-likeness (QED) is 0.498. The van der Waals surface area contributed by atoms with Crippen LogP contribution in [0.25, 0.3) is 0 Å². The van der Waals surface area contributed by atoms with E-state index < -0.39 is 0 Å². The van der Waals surface area contributed by atoms with Crippen molar-refractivity contribution >= 4 is 17.3 Å². The van der Waals surface area contributed by atoms with Crippen LogP contribution in [0.2, 0.25) is 0 Å². The van der Waals surface area contributed by atoms with E-state index in [1.165, 1.54) is 6.92 Å². The average molecular weight is 260 g/mol. The first kappa shape index (κ1) is 15.0. The minimum Gasteiger partial charge on any atom is -0.512 e. The van der Waals surface area contributed by atoms with E-state index in [-0.39, 0.29) is 17.2 Å². The lowest BCUT2D eigenvalue weighted by Crippen LogP contribution is -2.21. The average Bonchev–Trinajstić information content (AvgIpc) is 2.32. The molecule has 0 saturated carbocycles. The molecular formula is C15H20N2O2. The van der Waals surface area contributed by atoms with Crippen LogP contribution in [0.4, 0.5) is 5.69 Å². The fraction of sp³-hybridized carbons (Fsp3) is 0.333. The van der Waals surface area contributed by atoms with Crippen molar-refractivity contribution in [2.24, 2.45) is 4.99 Å². The molecular weight excluding hydrogens is 240 g/mol. The maximum absolute atomic E-state index is 12.2. The van der Waals surface area contributed by atoms with Crippen molar-refractivity contribution in [3.05, 3.63) is 40.7 Å². The van der Waals surface area contributed by atoms with Crippen LogP contribution in [0.3, 0.4) is 0 Å². The van der Waals surface area contributed by atoms with Crippen LogP contribution in [0, 0.1) is 13.8 Å². The Morgan fingerprint density at radius 2 is 1.89 bits per heavy atom. The number of rotatable bonds is 3. The lowest BCUT2D eigenvalue weighted by Gasteiger charge is -2.12. The molecule has 0 aromatic heterocycles. The summed E-state index contributed by atoms with van der Waals surface area (Å²) in [7, 11) is 1.59. The summed E-state index contributed by atoms with van der Waals surface area (Å²) in [5.74, 6) is -0.389. The maximum atomic E-state index is 12.2. The molecule has 4 heteroatoms. The van der Waals surface area contributed by atoms with Gasteiger partial charge < -0.3 is 10.4 Å². The van der Waals surface area contributed by atoms with Crippen molar-refractivity contribution in [3.63, 3.8) is 0 Å². The van der Waals surface area contributed by atoms with Crippen LogP contribution in [-0.2, 0) is 4.79 Å². The lowest BCUT2D eigenvalue weighted by molar-refractivity contribution is -0.112. The standard InChI is InChI=1S/C15H20N2O2/c1-9-6-7-13(10(2)8-9)17-15(19)14(12(4)18)11(3)16-5/h6-8,18H,1-5H3,(H,17,19)/b14-12-,16-11?.